The summed E-state index contributed by atoms with van der Waals surface area (Å²) in [7, 11) is -2.49. The van der Waals surface area contributed by atoms with Gasteiger partial charge in [-0.05, 0) is 12.1 Å². The summed E-state index contributed by atoms with van der Waals surface area (Å²) in [6.07, 6.45) is 0. The number of nitrogen functional groups attached to an aromatic ring is 1. The number of hydrogen-bond acceptors (Lipinski definition) is 4. The van der Waals surface area contributed by atoms with Gasteiger partial charge in [-0.3, -0.25) is 4.79 Å². The number of nitrogens with one attached hydrogen (secondary N) is 2. The Balaban J connectivity index is 3.02. The summed E-state index contributed by atoms with van der Waals surface area (Å²) in [5, 5.41) is 2.30. The molecule has 6 nitrogen and oxygen atoms in total. The second-order valence-electron chi connectivity index (χ2n) is 3.16. The molecule has 0 aliphatic rings. The lowest BCUT2D eigenvalue weighted by molar-refractivity contribution is -0.119. The van der Waals surface area contributed by atoms with E-state index < -0.39 is 15.9 Å². The van der Waals surface area contributed by atoms with E-state index in [1.54, 1.807) is 0 Å². The first-order valence-corrected chi connectivity index (χ1v) is 6.49. The largest absolute Gasteiger partial charge is 0.398 e. The van der Waals surface area contributed by atoms with E-state index in [0.717, 1.165) is 0 Å². The minimum Gasteiger partial charge on any atom is -0.398 e. The fourth-order valence-electron chi connectivity index (χ4n) is 1.13. The maximum Gasteiger partial charge on any atom is 0.244 e. The van der Waals surface area contributed by atoms with E-state index in [-0.39, 0.29) is 22.2 Å². The van der Waals surface area contributed by atoms with Crippen molar-refractivity contribution < 1.29 is 13.2 Å². The van der Waals surface area contributed by atoms with E-state index in [0.29, 0.717) is 0 Å². The van der Waals surface area contributed by atoms with Crippen LogP contribution >= 0.6 is 11.6 Å². The van der Waals surface area contributed by atoms with E-state index >= 15 is 0 Å². The Morgan fingerprint density at radius 3 is 2.65 bits per heavy atom. The molecule has 1 aromatic rings. The van der Waals surface area contributed by atoms with E-state index in [4.69, 9.17) is 17.3 Å². The molecule has 0 unspecified atom stereocenters. The van der Waals surface area contributed by atoms with Gasteiger partial charge in [0.25, 0.3) is 0 Å². The lowest BCUT2D eigenvalue weighted by Crippen LogP contribution is -2.35. The molecule has 0 atom stereocenters. The molecule has 0 saturated carbocycles. The molecule has 0 aliphatic heterocycles. The number of amides is 1. The van der Waals surface area contributed by atoms with Crippen LogP contribution in [0, 0.1) is 0 Å². The standard InChI is InChI=1S/C9H12ClN3O3S/c1-12-8(14)5-13-17(15,16)9-6(10)3-2-4-7(9)11/h2-4,13H,5,11H2,1H3,(H,12,14). The van der Waals surface area contributed by atoms with Crippen LogP contribution in [0.2, 0.25) is 5.02 Å². The third-order valence-electron chi connectivity index (χ3n) is 1.97. The number of sulfonamides is 1. The van der Waals surface area contributed by atoms with Crippen molar-refractivity contribution in [3.05, 3.63) is 23.2 Å². The molecule has 1 aromatic carbocycles. The summed E-state index contributed by atoms with van der Waals surface area (Å²) in [4.78, 5) is 10.7. The van der Waals surface area contributed by atoms with Crippen LogP contribution in [0.25, 0.3) is 0 Å². The van der Waals surface area contributed by atoms with Gasteiger partial charge in [-0.15, -0.1) is 0 Å². The molecule has 0 aliphatic carbocycles. The van der Waals surface area contributed by atoms with Gasteiger partial charge in [0.1, 0.15) is 4.90 Å². The van der Waals surface area contributed by atoms with Crippen molar-refractivity contribution in [2.24, 2.45) is 0 Å². The normalized spacial score (nSPS) is 11.2. The van der Waals surface area contributed by atoms with Crippen molar-refractivity contribution in [3.63, 3.8) is 0 Å². The number of rotatable bonds is 4. The molecule has 1 rings (SSSR count). The monoisotopic (exact) mass is 277 g/mol. The number of halogens is 1. The minimum atomic E-state index is -3.89. The highest BCUT2D eigenvalue weighted by molar-refractivity contribution is 7.89. The number of likely N-dealkylation sites (N-methyl/N-ethyl adjacent to an activating group) is 1. The highest BCUT2D eigenvalue weighted by atomic mass is 35.5. The van der Waals surface area contributed by atoms with Crippen molar-refractivity contribution in [2.75, 3.05) is 19.3 Å². The second-order valence-corrected chi connectivity index (χ2v) is 5.27. The molecule has 4 N–H and O–H groups in total. The zero-order valence-electron chi connectivity index (χ0n) is 9.03. The SMILES string of the molecule is CNC(=O)CNS(=O)(=O)c1c(N)cccc1Cl. The summed E-state index contributed by atoms with van der Waals surface area (Å²) < 4.78 is 25.8. The predicted molar refractivity (Wildman–Crippen MR) is 65.1 cm³/mol. The number of anilines is 1. The Morgan fingerprint density at radius 1 is 1.47 bits per heavy atom. The molecule has 0 radical (unpaired) electrons. The second kappa shape index (κ2) is 5.35. The summed E-state index contributed by atoms with van der Waals surface area (Å²) in [6.45, 7) is -0.372. The minimum absolute atomic E-state index is 0.00871. The lowest BCUT2D eigenvalue weighted by Gasteiger charge is -2.09. The number of carbonyl (C=O) groups excluding carboxylic acids is 1. The Labute approximate surface area is 104 Å². The smallest absolute Gasteiger partial charge is 0.244 e. The molecule has 0 saturated heterocycles. The van der Waals surface area contributed by atoms with E-state index in [1.807, 2.05) is 0 Å². The van der Waals surface area contributed by atoms with Crippen LogP contribution in [0.1, 0.15) is 0 Å². The van der Waals surface area contributed by atoms with Gasteiger partial charge in [0.15, 0.2) is 0 Å². The molecule has 0 fully saturated rings. The van der Waals surface area contributed by atoms with Crippen LogP contribution in [0.5, 0.6) is 0 Å². The van der Waals surface area contributed by atoms with Crippen LogP contribution < -0.4 is 15.8 Å². The fourth-order valence-corrected chi connectivity index (χ4v) is 2.79. The molecule has 1 amide bonds. The van der Waals surface area contributed by atoms with E-state index in [9.17, 15) is 13.2 Å². The summed E-state index contributed by atoms with van der Waals surface area (Å²) in [5.41, 5.74) is 5.57. The summed E-state index contributed by atoms with van der Waals surface area (Å²) >= 11 is 5.76. The predicted octanol–water partition coefficient (Wildman–Crippen LogP) is -0.0535. The zero-order chi connectivity index (χ0) is 13.1. The maximum atomic E-state index is 11.8. The van der Waals surface area contributed by atoms with Gasteiger partial charge in [-0.2, -0.15) is 0 Å². The van der Waals surface area contributed by atoms with Gasteiger partial charge in [0, 0.05) is 7.05 Å². The first-order chi connectivity index (χ1) is 7.88. The van der Waals surface area contributed by atoms with E-state index in [2.05, 4.69) is 10.0 Å². The Hall–Kier alpha value is -1.31. The highest BCUT2D eigenvalue weighted by Gasteiger charge is 2.21. The van der Waals surface area contributed by atoms with Crippen LogP contribution in [0.4, 0.5) is 5.69 Å². The fraction of sp³-hybridized carbons (Fsp3) is 0.222. The molecule has 0 aromatic heterocycles. The molecule has 0 heterocycles. The molecular formula is C9H12ClN3O3S. The topological polar surface area (TPSA) is 101 Å². The maximum absolute atomic E-state index is 11.8. The van der Waals surface area contributed by atoms with Crippen molar-refractivity contribution in [3.8, 4) is 0 Å². The molecular weight excluding hydrogens is 266 g/mol. The first-order valence-electron chi connectivity index (χ1n) is 4.62. The van der Waals surface area contributed by atoms with E-state index in [1.165, 1.54) is 25.2 Å². The average molecular weight is 278 g/mol. The van der Waals surface area contributed by atoms with Crippen LogP contribution in [0.15, 0.2) is 23.1 Å². The molecule has 17 heavy (non-hydrogen) atoms. The van der Waals surface area contributed by atoms with Crippen molar-refractivity contribution in [1.82, 2.24) is 10.0 Å². The van der Waals surface area contributed by atoms with Gasteiger partial charge < -0.3 is 11.1 Å². The van der Waals surface area contributed by atoms with Crippen molar-refractivity contribution in [2.45, 2.75) is 4.90 Å². The summed E-state index contributed by atoms with van der Waals surface area (Å²) in [6, 6.07) is 4.36. The molecule has 94 valence electrons. The van der Waals surface area contributed by atoms with Gasteiger partial charge >= 0.3 is 0 Å². The van der Waals surface area contributed by atoms with Gasteiger partial charge in [0.05, 0.1) is 17.3 Å². The first kappa shape index (κ1) is 13.8. The lowest BCUT2D eigenvalue weighted by atomic mass is 10.3. The van der Waals surface area contributed by atoms with Crippen molar-refractivity contribution >= 4 is 33.2 Å². The molecule has 0 spiro atoms. The highest BCUT2D eigenvalue weighted by Crippen LogP contribution is 2.26. The Morgan fingerprint density at radius 2 is 2.12 bits per heavy atom. The van der Waals surface area contributed by atoms with Gasteiger partial charge in [-0.25, -0.2) is 13.1 Å². The van der Waals surface area contributed by atoms with Crippen molar-refractivity contribution in [1.29, 1.82) is 0 Å². The van der Waals surface area contributed by atoms with Crippen LogP contribution in [0.3, 0.4) is 0 Å². The van der Waals surface area contributed by atoms with Gasteiger partial charge in [0.2, 0.25) is 15.9 Å². The van der Waals surface area contributed by atoms with Gasteiger partial charge in [-0.1, -0.05) is 17.7 Å². The quantitative estimate of drug-likeness (QED) is 0.672. The third-order valence-corrected chi connectivity index (χ3v) is 3.91. The zero-order valence-corrected chi connectivity index (χ0v) is 10.6. The number of nitrogens with two attached hydrogens (primary N) is 1. The molecule has 0 bridgehead atoms. The average Bonchev–Trinajstić information content (AvgIpc) is 2.25. The number of carbonyl (C=O) groups is 1. The number of hydrogen-bond donors (Lipinski definition) is 3. The van der Waals surface area contributed by atoms with Crippen LogP contribution in [-0.4, -0.2) is 27.9 Å². The van der Waals surface area contributed by atoms with Crippen LogP contribution in [-0.2, 0) is 14.8 Å². The Kier molecular flexibility index (Phi) is 4.33. The summed E-state index contributed by atoms with van der Waals surface area (Å²) in [5.74, 6) is -0.459. The third kappa shape index (κ3) is 3.32. The Bertz CT molecular complexity index is 510. The molecule has 8 heteroatoms. The number of benzene rings is 1.